The van der Waals surface area contributed by atoms with Crippen LogP contribution in [0, 0.1) is 13.8 Å². The van der Waals surface area contributed by atoms with Gasteiger partial charge in [-0.3, -0.25) is 9.78 Å². The molecule has 1 fully saturated rings. The van der Waals surface area contributed by atoms with Crippen LogP contribution in [0.25, 0.3) is 0 Å². The molecule has 3 rings (SSSR count). The van der Waals surface area contributed by atoms with Crippen molar-refractivity contribution in [3.8, 4) is 0 Å². The average molecular weight is 339 g/mol. The Labute approximate surface area is 148 Å². The minimum absolute atomic E-state index is 0.236. The number of anilines is 2. The fourth-order valence-corrected chi connectivity index (χ4v) is 3.00. The standard InChI is InChI=1S/C19H25N5O/c1-4-23-7-9-24(10-8-23)16-5-6-17(14(2)11-16)22-19(25)18-13-20-15(3)12-21-18/h5-6,11-13H,4,7-10H2,1-3H3,(H,22,25). The molecule has 0 bridgehead atoms. The van der Waals surface area contributed by atoms with Crippen LogP contribution in [0.15, 0.2) is 30.6 Å². The molecule has 132 valence electrons. The predicted octanol–water partition coefficient (Wildman–Crippen LogP) is 2.49. The van der Waals surface area contributed by atoms with Gasteiger partial charge in [0, 0.05) is 43.8 Å². The molecule has 0 aliphatic carbocycles. The van der Waals surface area contributed by atoms with E-state index in [2.05, 4.69) is 44.1 Å². The van der Waals surface area contributed by atoms with E-state index in [1.165, 1.54) is 11.9 Å². The minimum atomic E-state index is -0.236. The van der Waals surface area contributed by atoms with Crippen molar-refractivity contribution in [1.29, 1.82) is 0 Å². The Morgan fingerprint density at radius 2 is 1.88 bits per heavy atom. The van der Waals surface area contributed by atoms with Crippen LogP contribution in [0.1, 0.15) is 28.7 Å². The Morgan fingerprint density at radius 3 is 2.48 bits per heavy atom. The zero-order valence-corrected chi connectivity index (χ0v) is 15.1. The van der Waals surface area contributed by atoms with Gasteiger partial charge >= 0.3 is 0 Å². The SMILES string of the molecule is CCN1CCN(c2ccc(NC(=O)c3cnc(C)cn3)c(C)c2)CC1. The molecule has 25 heavy (non-hydrogen) atoms. The second-order valence-electron chi connectivity index (χ2n) is 6.42. The maximum absolute atomic E-state index is 12.3. The van der Waals surface area contributed by atoms with E-state index in [-0.39, 0.29) is 5.91 Å². The van der Waals surface area contributed by atoms with Gasteiger partial charge in [0.15, 0.2) is 0 Å². The summed E-state index contributed by atoms with van der Waals surface area (Å²) >= 11 is 0. The second kappa shape index (κ2) is 7.61. The molecular weight excluding hydrogens is 314 g/mol. The van der Waals surface area contributed by atoms with Gasteiger partial charge in [-0.15, -0.1) is 0 Å². The van der Waals surface area contributed by atoms with Gasteiger partial charge in [0.25, 0.3) is 5.91 Å². The highest BCUT2D eigenvalue weighted by molar-refractivity contribution is 6.03. The summed E-state index contributed by atoms with van der Waals surface area (Å²) in [7, 11) is 0. The lowest BCUT2D eigenvalue weighted by Crippen LogP contribution is -2.46. The summed E-state index contributed by atoms with van der Waals surface area (Å²) in [4.78, 5) is 25.4. The third-order valence-corrected chi connectivity index (χ3v) is 4.66. The summed E-state index contributed by atoms with van der Waals surface area (Å²) in [6.07, 6.45) is 3.10. The highest BCUT2D eigenvalue weighted by Crippen LogP contribution is 2.24. The number of likely N-dealkylation sites (N-methyl/N-ethyl adjacent to an activating group) is 1. The summed E-state index contributed by atoms with van der Waals surface area (Å²) < 4.78 is 0. The molecule has 2 heterocycles. The van der Waals surface area contributed by atoms with Gasteiger partial charge in [0.05, 0.1) is 11.9 Å². The highest BCUT2D eigenvalue weighted by atomic mass is 16.1. The van der Waals surface area contributed by atoms with E-state index in [1.54, 1.807) is 6.20 Å². The van der Waals surface area contributed by atoms with Crippen LogP contribution in [0.5, 0.6) is 0 Å². The largest absolute Gasteiger partial charge is 0.369 e. The van der Waals surface area contributed by atoms with Crippen molar-refractivity contribution in [3.05, 3.63) is 47.5 Å². The molecule has 6 heteroatoms. The van der Waals surface area contributed by atoms with Gasteiger partial charge in [-0.2, -0.15) is 0 Å². The van der Waals surface area contributed by atoms with Crippen molar-refractivity contribution in [2.45, 2.75) is 20.8 Å². The molecular formula is C19H25N5O. The lowest BCUT2D eigenvalue weighted by Gasteiger charge is -2.35. The average Bonchev–Trinajstić information content (AvgIpc) is 2.64. The molecule has 1 aliphatic rings. The zero-order valence-electron chi connectivity index (χ0n) is 15.1. The Balaban J connectivity index is 1.68. The topological polar surface area (TPSA) is 61.4 Å². The van der Waals surface area contributed by atoms with E-state index in [0.29, 0.717) is 5.69 Å². The zero-order chi connectivity index (χ0) is 17.8. The Hall–Kier alpha value is -2.47. The second-order valence-corrected chi connectivity index (χ2v) is 6.42. The van der Waals surface area contributed by atoms with Crippen LogP contribution in [0.4, 0.5) is 11.4 Å². The van der Waals surface area contributed by atoms with Crippen LogP contribution >= 0.6 is 0 Å². The Morgan fingerprint density at radius 1 is 1.12 bits per heavy atom. The van der Waals surface area contributed by atoms with E-state index in [1.807, 2.05) is 19.9 Å². The molecule has 1 saturated heterocycles. The first-order chi connectivity index (χ1) is 12.1. The summed E-state index contributed by atoms with van der Waals surface area (Å²) in [6, 6.07) is 6.18. The molecule has 1 N–H and O–H groups in total. The summed E-state index contributed by atoms with van der Waals surface area (Å²) in [5.74, 6) is -0.236. The number of amides is 1. The van der Waals surface area contributed by atoms with Crippen LogP contribution in [0.2, 0.25) is 0 Å². The first-order valence-corrected chi connectivity index (χ1v) is 8.74. The van der Waals surface area contributed by atoms with Gasteiger partial charge in [-0.05, 0) is 44.2 Å². The Bertz CT molecular complexity index is 736. The highest BCUT2D eigenvalue weighted by Gasteiger charge is 2.17. The number of aromatic nitrogens is 2. The van der Waals surface area contributed by atoms with Gasteiger partial charge in [0.2, 0.25) is 0 Å². The summed E-state index contributed by atoms with van der Waals surface area (Å²) in [5, 5.41) is 2.92. The van der Waals surface area contributed by atoms with Gasteiger partial charge in [-0.25, -0.2) is 4.98 Å². The molecule has 1 amide bonds. The van der Waals surface area contributed by atoms with Crippen molar-refractivity contribution >= 4 is 17.3 Å². The molecule has 6 nitrogen and oxygen atoms in total. The van der Waals surface area contributed by atoms with E-state index in [0.717, 1.165) is 49.7 Å². The van der Waals surface area contributed by atoms with E-state index in [9.17, 15) is 4.79 Å². The van der Waals surface area contributed by atoms with Crippen LogP contribution < -0.4 is 10.2 Å². The lowest BCUT2D eigenvalue weighted by molar-refractivity contribution is 0.102. The number of rotatable bonds is 4. The number of hydrogen-bond donors (Lipinski definition) is 1. The van der Waals surface area contributed by atoms with Crippen LogP contribution in [0.3, 0.4) is 0 Å². The maximum Gasteiger partial charge on any atom is 0.275 e. The van der Waals surface area contributed by atoms with Crippen molar-refractivity contribution in [2.24, 2.45) is 0 Å². The molecule has 0 atom stereocenters. The number of nitrogens with one attached hydrogen (secondary N) is 1. The molecule has 1 aromatic carbocycles. The van der Waals surface area contributed by atoms with Gasteiger partial charge in [0.1, 0.15) is 5.69 Å². The van der Waals surface area contributed by atoms with Crippen molar-refractivity contribution in [1.82, 2.24) is 14.9 Å². The monoisotopic (exact) mass is 339 g/mol. The summed E-state index contributed by atoms with van der Waals surface area (Å²) in [6.45, 7) is 11.5. The van der Waals surface area contributed by atoms with Crippen molar-refractivity contribution < 1.29 is 4.79 Å². The van der Waals surface area contributed by atoms with Crippen molar-refractivity contribution in [3.63, 3.8) is 0 Å². The first-order valence-electron chi connectivity index (χ1n) is 8.74. The molecule has 2 aromatic rings. The molecule has 0 saturated carbocycles. The van der Waals surface area contributed by atoms with Crippen molar-refractivity contribution in [2.75, 3.05) is 42.9 Å². The fourth-order valence-electron chi connectivity index (χ4n) is 3.00. The number of nitrogens with zero attached hydrogens (tertiary/aromatic N) is 4. The van der Waals surface area contributed by atoms with E-state index < -0.39 is 0 Å². The van der Waals surface area contributed by atoms with Gasteiger partial charge < -0.3 is 15.1 Å². The normalized spacial score (nSPS) is 15.2. The first kappa shape index (κ1) is 17.4. The third-order valence-electron chi connectivity index (χ3n) is 4.66. The minimum Gasteiger partial charge on any atom is -0.369 e. The quantitative estimate of drug-likeness (QED) is 0.927. The number of benzene rings is 1. The molecule has 0 radical (unpaired) electrons. The van der Waals surface area contributed by atoms with Gasteiger partial charge in [-0.1, -0.05) is 6.92 Å². The molecule has 0 unspecified atom stereocenters. The Kier molecular flexibility index (Phi) is 5.28. The number of carbonyl (C=O) groups is 1. The predicted molar refractivity (Wildman–Crippen MR) is 100 cm³/mol. The number of hydrogen-bond acceptors (Lipinski definition) is 5. The molecule has 1 aromatic heterocycles. The smallest absolute Gasteiger partial charge is 0.275 e. The fraction of sp³-hybridized carbons (Fsp3) is 0.421. The molecule has 0 spiro atoms. The number of piperazine rings is 1. The van der Waals surface area contributed by atoms with Crippen LogP contribution in [-0.4, -0.2) is 53.5 Å². The lowest BCUT2D eigenvalue weighted by atomic mass is 10.1. The number of aryl methyl sites for hydroxylation is 2. The van der Waals surface area contributed by atoms with E-state index >= 15 is 0 Å². The number of carbonyl (C=O) groups excluding carboxylic acids is 1. The summed E-state index contributed by atoms with van der Waals surface area (Å²) in [5.41, 5.74) is 4.18. The molecule has 1 aliphatic heterocycles. The maximum atomic E-state index is 12.3. The van der Waals surface area contributed by atoms with E-state index in [4.69, 9.17) is 0 Å². The van der Waals surface area contributed by atoms with Crippen LogP contribution in [-0.2, 0) is 0 Å². The third kappa shape index (κ3) is 4.14.